The number of morpholine rings is 1. The molecule has 1 aliphatic heterocycles. The quantitative estimate of drug-likeness (QED) is 0.399. The van der Waals surface area contributed by atoms with Gasteiger partial charge in [-0.15, -0.1) is 0 Å². The Morgan fingerprint density at radius 3 is 2.44 bits per heavy atom. The number of guanidine groups is 1. The van der Waals surface area contributed by atoms with Crippen molar-refractivity contribution in [2.45, 2.75) is 46.6 Å². The van der Waals surface area contributed by atoms with Crippen LogP contribution in [0.4, 0.5) is 0 Å². The number of ether oxygens (including phenoxy) is 1. The fourth-order valence-corrected chi connectivity index (χ4v) is 2.83. The van der Waals surface area contributed by atoms with Crippen molar-refractivity contribution in [1.82, 2.24) is 20.9 Å². The van der Waals surface area contributed by atoms with Crippen molar-refractivity contribution in [3.05, 3.63) is 0 Å². The first-order chi connectivity index (χ1) is 12.1. The van der Waals surface area contributed by atoms with Crippen LogP contribution in [0.2, 0.25) is 0 Å². The minimum absolute atomic E-state index is 0.0820. The molecular formula is C18H37N5O2. The van der Waals surface area contributed by atoms with E-state index in [1.54, 1.807) is 0 Å². The topological polar surface area (TPSA) is 78.0 Å². The summed E-state index contributed by atoms with van der Waals surface area (Å²) in [6.45, 7) is 15.0. The van der Waals surface area contributed by atoms with Crippen molar-refractivity contribution in [3.63, 3.8) is 0 Å². The lowest BCUT2D eigenvalue weighted by atomic mass is 10.0. The first-order valence-corrected chi connectivity index (χ1v) is 9.69. The number of aliphatic imine (C=N–C) groups is 1. The summed E-state index contributed by atoms with van der Waals surface area (Å²) in [5.41, 5.74) is 0. The lowest BCUT2D eigenvalue weighted by Gasteiger charge is -2.36. The van der Waals surface area contributed by atoms with Gasteiger partial charge in [-0.05, 0) is 19.3 Å². The number of hydrogen-bond donors (Lipinski definition) is 3. The van der Waals surface area contributed by atoms with Crippen LogP contribution in [0, 0.1) is 5.92 Å². The summed E-state index contributed by atoms with van der Waals surface area (Å²) >= 11 is 0. The van der Waals surface area contributed by atoms with E-state index in [1.165, 1.54) is 0 Å². The number of carbonyl (C=O) groups excluding carboxylic acids is 1. The molecule has 0 aromatic rings. The van der Waals surface area contributed by atoms with Gasteiger partial charge in [0, 0.05) is 45.2 Å². The minimum atomic E-state index is 0.0820. The molecule has 1 amide bonds. The Bertz CT molecular complexity index is 395. The Morgan fingerprint density at radius 1 is 1.12 bits per heavy atom. The molecule has 25 heavy (non-hydrogen) atoms. The number of nitrogens with one attached hydrogen (secondary N) is 3. The molecule has 1 heterocycles. The van der Waals surface area contributed by atoms with E-state index in [2.05, 4.69) is 34.7 Å². The third-order valence-corrected chi connectivity index (χ3v) is 4.28. The van der Waals surface area contributed by atoms with Gasteiger partial charge in [-0.3, -0.25) is 14.7 Å². The summed E-state index contributed by atoms with van der Waals surface area (Å²) in [7, 11) is 0. The second-order valence-corrected chi connectivity index (χ2v) is 6.71. The molecule has 3 N–H and O–H groups in total. The van der Waals surface area contributed by atoms with E-state index >= 15 is 0 Å². The summed E-state index contributed by atoms with van der Waals surface area (Å²) in [5.74, 6) is 1.40. The van der Waals surface area contributed by atoms with Crippen LogP contribution in [0.15, 0.2) is 4.99 Å². The molecule has 0 aromatic carbocycles. The second-order valence-electron chi connectivity index (χ2n) is 6.71. The van der Waals surface area contributed by atoms with E-state index in [0.717, 1.165) is 58.3 Å². The number of hydrogen-bond acceptors (Lipinski definition) is 4. The molecule has 0 saturated carbocycles. The van der Waals surface area contributed by atoms with Crippen molar-refractivity contribution < 1.29 is 9.53 Å². The van der Waals surface area contributed by atoms with E-state index in [4.69, 9.17) is 9.73 Å². The molecule has 1 atom stereocenters. The van der Waals surface area contributed by atoms with Gasteiger partial charge in [0.25, 0.3) is 0 Å². The van der Waals surface area contributed by atoms with E-state index in [-0.39, 0.29) is 5.91 Å². The van der Waals surface area contributed by atoms with E-state index in [0.29, 0.717) is 24.9 Å². The highest BCUT2D eigenvalue weighted by molar-refractivity contribution is 5.81. The standard InChI is InChI=1S/C18H37N5O2/c1-5-8-20-17(24)7-9-21-18(19-6-2)22-14-16(15(3)4)23-10-12-25-13-11-23/h15-16H,5-14H2,1-4H3,(H,20,24)(H2,19,21,22). The van der Waals surface area contributed by atoms with Crippen LogP contribution in [-0.2, 0) is 9.53 Å². The zero-order valence-electron chi connectivity index (χ0n) is 16.4. The van der Waals surface area contributed by atoms with Gasteiger partial charge in [-0.25, -0.2) is 0 Å². The average molecular weight is 356 g/mol. The lowest BCUT2D eigenvalue weighted by Crippen LogP contribution is -2.48. The van der Waals surface area contributed by atoms with E-state index in [1.807, 2.05) is 13.8 Å². The highest BCUT2D eigenvalue weighted by atomic mass is 16.5. The summed E-state index contributed by atoms with van der Waals surface area (Å²) in [4.78, 5) is 18.9. The van der Waals surface area contributed by atoms with Crippen LogP contribution in [0.1, 0.15) is 40.5 Å². The first kappa shape index (κ1) is 21.7. The van der Waals surface area contributed by atoms with E-state index < -0.39 is 0 Å². The fraction of sp³-hybridized carbons (Fsp3) is 0.889. The number of carbonyl (C=O) groups is 1. The summed E-state index contributed by atoms with van der Waals surface area (Å²) in [6, 6.07) is 0.409. The normalized spacial score (nSPS) is 17.4. The van der Waals surface area contributed by atoms with Crippen LogP contribution in [0.5, 0.6) is 0 Å². The predicted molar refractivity (Wildman–Crippen MR) is 103 cm³/mol. The van der Waals surface area contributed by atoms with Gasteiger partial charge >= 0.3 is 0 Å². The zero-order chi connectivity index (χ0) is 18.5. The molecule has 1 rings (SSSR count). The van der Waals surface area contributed by atoms with Crippen LogP contribution in [0.25, 0.3) is 0 Å². The molecule has 1 fully saturated rings. The first-order valence-electron chi connectivity index (χ1n) is 9.69. The summed E-state index contributed by atoms with van der Waals surface area (Å²) in [5, 5.41) is 9.41. The maximum Gasteiger partial charge on any atom is 0.221 e. The zero-order valence-corrected chi connectivity index (χ0v) is 16.4. The van der Waals surface area contributed by atoms with Crippen molar-refractivity contribution in [3.8, 4) is 0 Å². The van der Waals surface area contributed by atoms with Gasteiger partial charge < -0.3 is 20.7 Å². The molecule has 0 spiro atoms. The van der Waals surface area contributed by atoms with Crippen LogP contribution in [0.3, 0.4) is 0 Å². The Kier molecular flexibility index (Phi) is 11.2. The predicted octanol–water partition coefficient (Wildman–Crippen LogP) is 0.815. The smallest absolute Gasteiger partial charge is 0.221 e. The largest absolute Gasteiger partial charge is 0.379 e. The van der Waals surface area contributed by atoms with Gasteiger partial charge in [0.05, 0.1) is 19.8 Å². The minimum Gasteiger partial charge on any atom is -0.379 e. The second kappa shape index (κ2) is 12.9. The molecule has 146 valence electrons. The fourth-order valence-electron chi connectivity index (χ4n) is 2.83. The lowest BCUT2D eigenvalue weighted by molar-refractivity contribution is -0.120. The molecule has 0 radical (unpaired) electrons. The van der Waals surface area contributed by atoms with Gasteiger partial charge in [-0.2, -0.15) is 0 Å². The van der Waals surface area contributed by atoms with Crippen molar-refractivity contribution in [1.29, 1.82) is 0 Å². The van der Waals surface area contributed by atoms with Gasteiger partial charge in [0.15, 0.2) is 5.96 Å². The van der Waals surface area contributed by atoms with E-state index in [9.17, 15) is 4.79 Å². The highest BCUT2D eigenvalue weighted by Gasteiger charge is 2.23. The van der Waals surface area contributed by atoms with Crippen molar-refractivity contribution in [2.24, 2.45) is 10.9 Å². The Morgan fingerprint density at radius 2 is 1.84 bits per heavy atom. The highest BCUT2D eigenvalue weighted by Crippen LogP contribution is 2.13. The monoisotopic (exact) mass is 355 g/mol. The van der Waals surface area contributed by atoms with Gasteiger partial charge in [0.1, 0.15) is 0 Å². The molecular weight excluding hydrogens is 318 g/mol. The molecule has 1 saturated heterocycles. The molecule has 1 unspecified atom stereocenters. The van der Waals surface area contributed by atoms with Crippen LogP contribution < -0.4 is 16.0 Å². The van der Waals surface area contributed by atoms with Crippen LogP contribution >= 0.6 is 0 Å². The summed E-state index contributed by atoms with van der Waals surface area (Å²) < 4.78 is 5.46. The average Bonchev–Trinajstić information content (AvgIpc) is 2.60. The van der Waals surface area contributed by atoms with Crippen molar-refractivity contribution in [2.75, 3.05) is 52.5 Å². The third kappa shape index (κ3) is 9.07. The summed E-state index contributed by atoms with van der Waals surface area (Å²) in [6.07, 6.45) is 1.42. The Hall–Kier alpha value is -1.34. The molecule has 0 bridgehead atoms. The molecule has 1 aliphatic rings. The maximum atomic E-state index is 11.7. The maximum absolute atomic E-state index is 11.7. The van der Waals surface area contributed by atoms with Gasteiger partial charge in [0.2, 0.25) is 5.91 Å². The third-order valence-electron chi connectivity index (χ3n) is 4.28. The molecule has 7 heteroatoms. The Labute approximate surface area is 153 Å². The molecule has 7 nitrogen and oxygen atoms in total. The Balaban J connectivity index is 2.49. The van der Waals surface area contributed by atoms with Crippen molar-refractivity contribution >= 4 is 11.9 Å². The number of rotatable bonds is 10. The number of amides is 1. The molecule has 0 aromatic heterocycles. The van der Waals surface area contributed by atoms with Gasteiger partial charge in [-0.1, -0.05) is 20.8 Å². The molecule has 0 aliphatic carbocycles. The SMILES string of the molecule is CCCNC(=O)CCNC(=NCC(C(C)C)N1CCOCC1)NCC. The van der Waals surface area contributed by atoms with Crippen LogP contribution in [-0.4, -0.2) is 75.3 Å². The number of nitrogens with zero attached hydrogens (tertiary/aromatic N) is 2.